The Morgan fingerprint density at radius 1 is 0.400 bits per heavy atom. The molecule has 0 aliphatic heterocycles. The smallest absolute Gasteiger partial charge is 0.222 e. The molecule has 0 fully saturated rings. The molecule has 2 aromatic carbocycles. The van der Waals surface area contributed by atoms with Crippen LogP contribution in [0.5, 0.6) is 0 Å². The van der Waals surface area contributed by atoms with E-state index in [-0.39, 0.29) is 0 Å². The molecule has 0 aliphatic carbocycles. The van der Waals surface area contributed by atoms with Gasteiger partial charge in [-0.15, -0.1) is 0 Å². The van der Waals surface area contributed by atoms with E-state index >= 15 is 0 Å². The maximum absolute atomic E-state index is 8.35. The summed E-state index contributed by atoms with van der Waals surface area (Å²) in [5.41, 5.74) is 0. The van der Waals surface area contributed by atoms with E-state index < -0.39 is 0 Å². The maximum Gasteiger partial charge on any atom is 0.231 e. The first kappa shape index (κ1) is 41.5. The average Bonchev–Trinajstić information content (AvgIpc) is 2.75. The van der Waals surface area contributed by atoms with Gasteiger partial charge in [0.25, 0.3) is 0 Å². The van der Waals surface area contributed by atoms with Crippen molar-refractivity contribution in [3.63, 3.8) is 0 Å². The molecule has 0 aliphatic rings. The van der Waals surface area contributed by atoms with E-state index in [1.54, 1.807) is 0 Å². The topological polar surface area (TPSA) is 81.8 Å². The van der Waals surface area contributed by atoms with Crippen molar-refractivity contribution in [1.82, 2.24) is 0 Å². The fourth-order valence-electron chi connectivity index (χ4n) is 0.770. The van der Waals surface area contributed by atoms with Crippen LogP contribution >= 0.6 is 0 Å². The highest BCUT2D eigenvalue weighted by Gasteiger charge is 1.58. The Labute approximate surface area is 186 Å². The lowest BCUT2D eigenvalue weighted by molar-refractivity contribution is 0.562. The van der Waals surface area contributed by atoms with E-state index in [1.165, 1.54) is 25.7 Å². The van der Waals surface area contributed by atoms with Crippen molar-refractivity contribution in [2.45, 2.75) is 81.1 Å². The number of benzene rings is 2. The molecule has 4 heteroatoms. The summed E-state index contributed by atoms with van der Waals surface area (Å²) in [6.07, 6.45) is 6.50. The lowest BCUT2D eigenvalue weighted by Crippen LogP contribution is -1.47. The second-order valence-corrected chi connectivity index (χ2v) is 5.34. The number of nitrogens with one attached hydrogen (secondary N) is 2. The van der Waals surface area contributed by atoms with Crippen LogP contribution in [0.2, 0.25) is 0 Å². The largest absolute Gasteiger partial charge is 0.231 e. The van der Waals surface area contributed by atoms with Gasteiger partial charge < -0.3 is 0 Å². The van der Waals surface area contributed by atoms with E-state index in [0.29, 0.717) is 0 Å². The van der Waals surface area contributed by atoms with Gasteiger partial charge >= 0.3 is 0 Å². The summed E-state index contributed by atoms with van der Waals surface area (Å²) in [6.45, 7) is 17.0. The fourth-order valence-corrected chi connectivity index (χ4v) is 0.770. The van der Waals surface area contributed by atoms with E-state index in [9.17, 15) is 0 Å². The Bertz CT molecular complexity index is 372. The van der Waals surface area contributed by atoms with E-state index in [4.69, 9.17) is 20.4 Å². The number of carbonyl (C=O) groups excluding carboxylic acids is 2. The van der Waals surface area contributed by atoms with Crippen molar-refractivity contribution in [2.75, 3.05) is 0 Å². The van der Waals surface area contributed by atoms with Crippen LogP contribution < -0.4 is 0 Å². The maximum atomic E-state index is 8.35. The molecule has 2 aromatic rings. The minimum absolute atomic E-state index is 0.750. The fraction of sp³-hybridized carbons (Fsp3) is 0.462. The Kier molecular flexibility index (Phi) is 99.7. The highest BCUT2D eigenvalue weighted by atomic mass is 16.1. The van der Waals surface area contributed by atoms with Gasteiger partial charge in [0.2, 0.25) is 12.2 Å². The molecular weight excluding hydrogens is 372 g/mol. The molecule has 2 rings (SSSR count). The lowest BCUT2D eigenvalue weighted by Gasteiger charge is -1.69. The SMILES string of the molecule is CCC.CCC.CCC.CCC.N=C=O.N=C=O.c1ccccc1.c1ccccc1. The van der Waals surface area contributed by atoms with Gasteiger partial charge in [0.05, 0.1) is 0 Å². The minimum atomic E-state index is 0.750. The molecule has 30 heavy (non-hydrogen) atoms. The summed E-state index contributed by atoms with van der Waals surface area (Å²) in [4.78, 5) is 16.7. The molecule has 0 saturated heterocycles. The quantitative estimate of drug-likeness (QED) is 0.331. The highest BCUT2D eigenvalue weighted by molar-refractivity contribution is 5.26. The lowest BCUT2D eigenvalue weighted by atomic mass is 10.4. The van der Waals surface area contributed by atoms with Crippen LogP contribution in [0.1, 0.15) is 81.1 Å². The standard InChI is InChI=1S/2C6H6.4C3H8.2CHNO/c2*1-2-4-6-5-3-1;4*1-3-2;2*2-1-3/h2*1-6H;4*3H2,1-2H3;2*2H. The molecule has 172 valence electrons. The zero-order valence-corrected chi connectivity index (χ0v) is 20.6. The monoisotopic (exact) mass is 418 g/mol. The normalized spacial score (nSPS) is 6.13. The molecule has 0 heterocycles. The number of isocyanates is 2. The van der Waals surface area contributed by atoms with E-state index in [2.05, 4.69) is 55.4 Å². The third kappa shape index (κ3) is 174. The van der Waals surface area contributed by atoms with Crippen LogP contribution in [0, 0.1) is 10.8 Å². The van der Waals surface area contributed by atoms with Gasteiger partial charge in [0.15, 0.2) is 0 Å². The highest BCUT2D eigenvalue weighted by Crippen LogP contribution is 1.80. The van der Waals surface area contributed by atoms with Crippen molar-refractivity contribution in [3.8, 4) is 0 Å². The van der Waals surface area contributed by atoms with Gasteiger partial charge in [-0.3, -0.25) is 0 Å². The van der Waals surface area contributed by atoms with Crippen LogP contribution in [0.15, 0.2) is 72.8 Å². The minimum Gasteiger partial charge on any atom is -0.222 e. The number of rotatable bonds is 0. The molecule has 0 amide bonds. The van der Waals surface area contributed by atoms with Gasteiger partial charge in [-0.25, -0.2) is 20.4 Å². The molecule has 0 atom stereocenters. The van der Waals surface area contributed by atoms with Gasteiger partial charge in [-0.1, -0.05) is 154 Å². The third-order valence-corrected chi connectivity index (χ3v) is 1.33. The summed E-state index contributed by atoms with van der Waals surface area (Å²) in [5.74, 6) is 0. The van der Waals surface area contributed by atoms with Crippen molar-refractivity contribution >= 4 is 12.2 Å². The molecular formula is C26H46N2O2. The molecule has 2 N–H and O–H groups in total. The molecule has 0 radical (unpaired) electrons. The van der Waals surface area contributed by atoms with Gasteiger partial charge in [0.1, 0.15) is 0 Å². The predicted molar refractivity (Wildman–Crippen MR) is 134 cm³/mol. The Morgan fingerprint density at radius 3 is 0.467 bits per heavy atom. The van der Waals surface area contributed by atoms with Gasteiger partial charge in [0, 0.05) is 0 Å². The van der Waals surface area contributed by atoms with Crippen LogP contribution in [0.25, 0.3) is 0 Å². The molecule has 0 spiro atoms. The van der Waals surface area contributed by atoms with Crippen molar-refractivity contribution in [1.29, 1.82) is 10.8 Å². The van der Waals surface area contributed by atoms with Crippen LogP contribution in [-0.2, 0) is 9.59 Å². The molecule has 4 nitrogen and oxygen atoms in total. The summed E-state index contributed by atoms with van der Waals surface area (Å²) < 4.78 is 0. The van der Waals surface area contributed by atoms with Crippen molar-refractivity contribution < 1.29 is 9.59 Å². The zero-order valence-electron chi connectivity index (χ0n) is 20.6. The van der Waals surface area contributed by atoms with Crippen LogP contribution in [-0.4, -0.2) is 12.2 Å². The van der Waals surface area contributed by atoms with Gasteiger partial charge in [-0.05, 0) is 0 Å². The first-order chi connectivity index (χ1) is 14.5. The predicted octanol–water partition coefficient (Wildman–Crippen LogP) is 8.84. The van der Waals surface area contributed by atoms with Crippen molar-refractivity contribution in [2.24, 2.45) is 0 Å². The first-order valence-electron chi connectivity index (χ1n) is 10.6. The molecule has 0 bridgehead atoms. The first-order valence-corrected chi connectivity index (χ1v) is 10.6. The summed E-state index contributed by atoms with van der Waals surface area (Å²) >= 11 is 0. The average molecular weight is 419 g/mol. The van der Waals surface area contributed by atoms with Crippen molar-refractivity contribution in [3.05, 3.63) is 72.8 Å². The molecule has 0 unspecified atom stereocenters. The van der Waals surface area contributed by atoms with E-state index in [0.717, 1.165) is 12.2 Å². The third-order valence-electron chi connectivity index (χ3n) is 1.33. The van der Waals surface area contributed by atoms with Crippen LogP contribution in [0.3, 0.4) is 0 Å². The Balaban J connectivity index is -0.0000000567. The number of hydrogen-bond donors (Lipinski definition) is 2. The molecule has 0 saturated carbocycles. The van der Waals surface area contributed by atoms with Gasteiger partial charge in [-0.2, -0.15) is 0 Å². The number of hydrogen-bond acceptors (Lipinski definition) is 4. The second-order valence-electron chi connectivity index (χ2n) is 5.34. The summed E-state index contributed by atoms with van der Waals surface area (Å²) in [5, 5.41) is 10.8. The molecule has 0 aromatic heterocycles. The van der Waals surface area contributed by atoms with Crippen LogP contribution in [0.4, 0.5) is 0 Å². The summed E-state index contributed by atoms with van der Waals surface area (Å²) in [6, 6.07) is 24.0. The zero-order chi connectivity index (χ0) is 24.7. The second kappa shape index (κ2) is 72.0. The Morgan fingerprint density at radius 2 is 0.433 bits per heavy atom. The summed E-state index contributed by atoms with van der Waals surface area (Å²) in [7, 11) is 0. The Hall–Kier alpha value is -2.80. The van der Waals surface area contributed by atoms with E-state index in [1.807, 2.05) is 72.8 Å².